The summed E-state index contributed by atoms with van der Waals surface area (Å²) in [4.78, 5) is 17.2. The Hall–Kier alpha value is -1.65. The van der Waals surface area contributed by atoms with Crippen LogP contribution in [0.5, 0.6) is 0 Å². The summed E-state index contributed by atoms with van der Waals surface area (Å²) in [5.74, 6) is 0.275. The van der Waals surface area contributed by atoms with E-state index in [1.54, 1.807) is 6.07 Å². The minimum Gasteiger partial charge on any atom is -0.371 e. The van der Waals surface area contributed by atoms with E-state index in [1.165, 1.54) is 5.69 Å². The Balaban J connectivity index is 1.51. The van der Waals surface area contributed by atoms with Crippen LogP contribution >= 0.6 is 23.2 Å². The van der Waals surface area contributed by atoms with Gasteiger partial charge in [0.05, 0.1) is 5.02 Å². The van der Waals surface area contributed by atoms with Gasteiger partial charge < -0.3 is 15.2 Å². The van der Waals surface area contributed by atoms with E-state index in [0.717, 1.165) is 19.5 Å². The molecule has 1 unspecified atom stereocenters. The monoisotopic (exact) mass is 337 g/mol. The fourth-order valence-electron chi connectivity index (χ4n) is 2.73. The lowest BCUT2D eigenvalue weighted by Crippen LogP contribution is -2.31. The van der Waals surface area contributed by atoms with Crippen LogP contribution in [0.25, 0.3) is 0 Å². The lowest BCUT2D eigenvalue weighted by molar-refractivity contribution is 0.0944. The molecule has 4 nitrogen and oxygen atoms in total. The number of rotatable bonds is 4. The van der Waals surface area contributed by atoms with Gasteiger partial charge in [0, 0.05) is 25.3 Å². The molecule has 1 saturated heterocycles. The summed E-state index contributed by atoms with van der Waals surface area (Å²) in [6.45, 7) is 2.62. The lowest BCUT2D eigenvalue weighted by atomic mass is 10.1. The predicted molar refractivity (Wildman–Crippen MR) is 89.9 cm³/mol. The van der Waals surface area contributed by atoms with E-state index in [2.05, 4.69) is 27.3 Å². The number of halogens is 2. The van der Waals surface area contributed by atoms with E-state index in [4.69, 9.17) is 23.2 Å². The normalized spacial score (nSPS) is 17.7. The molecule has 1 fully saturated rings. The Morgan fingerprint density at radius 1 is 1.32 bits per heavy atom. The summed E-state index contributed by atoms with van der Waals surface area (Å²) < 4.78 is 0. The van der Waals surface area contributed by atoms with Gasteiger partial charge in [-0.25, -0.2) is 0 Å². The van der Waals surface area contributed by atoms with E-state index in [0.29, 0.717) is 28.3 Å². The first kappa shape index (κ1) is 15.3. The second-order valence-electron chi connectivity index (χ2n) is 5.49. The van der Waals surface area contributed by atoms with E-state index in [-0.39, 0.29) is 5.91 Å². The van der Waals surface area contributed by atoms with Crippen LogP contribution in [0.3, 0.4) is 0 Å². The molecule has 1 amide bonds. The number of H-pyrrole nitrogens is 1. The van der Waals surface area contributed by atoms with Crippen molar-refractivity contribution in [1.82, 2.24) is 10.3 Å². The molecule has 0 aliphatic carbocycles. The minimum atomic E-state index is -0.174. The zero-order valence-electron chi connectivity index (χ0n) is 12.0. The van der Waals surface area contributed by atoms with Crippen LogP contribution in [0, 0.1) is 5.92 Å². The van der Waals surface area contributed by atoms with Crippen LogP contribution in [0.15, 0.2) is 36.4 Å². The van der Waals surface area contributed by atoms with E-state index < -0.39 is 0 Å². The third kappa shape index (κ3) is 3.39. The molecule has 0 saturated carbocycles. The number of hydrogen-bond donors (Lipinski definition) is 2. The summed E-state index contributed by atoms with van der Waals surface area (Å²) in [6, 6.07) is 11.9. The molecule has 0 bridgehead atoms. The summed E-state index contributed by atoms with van der Waals surface area (Å²) in [7, 11) is 0. The molecule has 2 N–H and O–H groups in total. The van der Waals surface area contributed by atoms with Crippen molar-refractivity contribution in [1.29, 1.82) is 0 Å². The van der Waals surface area contributed by atoms with Gasteiger partial charge in [0.1, 0.15) is 10.8 Å². The maximum Gasteiger partial charge on any atom is 0.267 e. The Kier molecular flexibility index (Phi) is 4.60. The number of nitrogens with one attached hydrogen (secondary N) is 2. The third-order valence-electron chi connectivity index (χ3n) is 3.93. The highest BCUT2D eigenvalue weighted by molar-refractivity contribution is 6.41. The molecule has 2 heterocycles. The predicted octanol–water partition coefficient (Wildman–Crippen LogP) is 3.58. The van der Waals surface area contributed by atoms with Crippen molar-refractivity contribution in [2.45, 2.75) is 6.42 Å². The van der Waals surface area contributed by atoms with Gasteiger partial charge >= 0.3 is 0 Å². The Bertz CT molecular complexity index is 637. The Labute approximate surface area is 139 Å². The number of benzene rings is 1. The second kappa shape index (κ2) is 6.63. The number of carbonyl (C=O) groups is 1. The SMILES string of the molecule is O=C(NCC1CCN(c2ccccc2)C1)c1cc(Cl)c(Cl)[nH]1. The van der Waals surface area contributed by atoms with E-state index in [9.17, 15) is 4.79 Å². The average molecular weight is 338 g/mol. The molecule has 116 valence electrons. The van der Waals surface area contributed by atoms with Crippen molar-refractivity contribution in [2.24, 2.45) is 5.92 Å². The number of amides is 1. The number of aromatic nitrogens is 1. The van der Waals surface area contributed by atoms with Crippen LogP contribution in [0.2, 0.25) is 10.2 Å². The molecule has 6 heteroatoms. The van der Waals surface area contributed by atoms with Crippen molar-refractivity contribution in [3.8, 4) is 0 Å². The first-order valence-electron chi connectivity index (χ1n) is 7.25. The van der Waals surface area contributed by atoms with Crippen molar-refractivity contribution >= 4 is 34.8 Å². The van der Waals surface area contributed by atoms with Gasteiger partial charge in [0.2, 0.25) is 0 Å². The van der Waals surface area contributed by atoms with Crippen LogP contribution in [0.1, 0.15) is 16.9 Å². The molecule has 1 aliphatic heterocycles. The molecule has 3 rings (SSSR count). The third-order valence-corrected chi connectivity index (χ3v) is 4.62. The molecule has 1 aliphatic rings. The van der Waals surface area contributed by atoms with Gasteiger partial charge in [-0.2, -0.15) is 0 Å². The van der Waals surface area contributed by atoms with Crippen LogP contribution in [0.4, 0.5) is 5.69 Å². The number of nitrogens with zero attached hydrogens (tertiary/aromatic N) is 1. The van der Waals surface area contributed by atoms with Crippen LogP contribution in [-0.2, 0) is 0 Å². The Morgan fingerprint density at radius 3 is 2.77 bits per heavy atom. The first-order chi connectivity index (χ1) is 10.6. The highest BCUT2D eigenvalue weighted by atomic mass is 35.5. The van der Waals surface area contributed by atoms with Crippen LogP contribution in [-0.4, -0.2) is 30.5 Å². The smallest absolute Gasteiger partial charge is 0.267 e. The fraction of sp³-hybridized carbons (Fsp3) is 0.312. The largest absolute Gasteiger partial charge is 0.371 e. The van der Waals surface area contributed by atoms with E-state index in [1.807, 2.05) is 18.2 Å². The average Bonchev–Trinajstić information content (AvgIpc) is 3.13. The standard InChI is InChI=1S/C16H17Cl2N3O/c17-13-8-14(20-15(13)18)16(22)19-9-11-6-7-21(10-11)12-4-2-1-3-5-12/h1-5,8,11,20H,6-7,9-10H2,(H,19,22). The van der Waals surface area contributed by atoms with E-state index >= 15 is 0 Å². The highest BCUT2D eigenvalue weighted by Crippen LogP contribution is 2.24. The molecule has 1 aromatic carbocycles. The summed E-state index contributed by atoms with van der Waals surface area (Å²) in [5, 5.41) is 3.60. The molecular formula is C16H17Cl2N3O. The van der Waals surface area contributed by atoms with Gasteiger partial charge in [-0.3, -0.25) is 4.79 Å². The van der Waals surface area contributed by atoms with Crippen molar-refractivity contribution in [3.05, 3.63) is 52.3 Å². The zero-order valence-corrected chi connectivity index (χ0v) is 13.5. The molecule has 2 aromatic rings. The Morgan fingerprint density at radius 2 is 2.09 bits per heavy atom. The van der Waals surface area contributed by atoms with Gasteiger partial charge in [0.15, 0.2) is 0 Å². The zero-order chi connectivity index (χ0) is 15.5. The van der Waals surface area contributed by atoms with Crippen molar-refractivity contribution < 1.29 is 4.79 Å². The van der Waals surface area contributed by atoms with Gasteiger partial charge in [0.25, 0.3) is 5.91 Å². The fourth-order valence-corrected chi connectivity index (χ4v) is 3.04. The summed E-state index contributed by atoms with van der Waals surface area (Å²) >= 11 is 11.7. The lowest BCUT2D eigenvalue weighted by Gasteiger charge is -2.18. The quantitative estimate of drug-likeness (QED) is 0.895. The van der Waals surface area contributed by atoms with Crippen molar-refractivity contribution in [3.63, 3.8) is 0 Å². The maximum absolute atomic E-state index is 12.0. The number of carbonyl (C=O) groups excluding carboxylic acids is 1. The van der Waals surface area contributed by atoms with Crippen molar-refractivity contribution in [2.75, 3.05) is 24.5 Å². The van der Waals surface area contributed by atoms with Crippen LogP contribution < -0.4 is 10.2 Å². The summed E-state index contributed by atoms with van der Waals surface area (Å²) in [6.07, 6.45) is 1.07. The van der Waals surface area contributed by atoms with Gasteiger partial charge in [-0.15, -0.1) is 0 Å². The molecular weight excluding hydrogens is 321 g/mol. The highest BCUT2D eigenvalue weighted by Gasteiger charge is 2.23. The summed E-state index contributed by atoms with van der Waals surface area (Å²) in [5.41, 5.74) is 1.63. The molecule has 1 aromatic heterocycles. The number of anilines is 1. The van der Waals surface area contributed by atoms with Gasteiger partial charge in [-0.05, 0) is 30.5 Å². The maximum atomic E-state index is 12.0. The number of para-hydroxylation sites is 1. The second-order valence-corrected chi connectivity index (χ2v) is 6.28. The van der Waals surface area contributed by atoms with Gasteiger partial charge in [-0.1, -0.05) is 41.4 Å². The number of aromatic amines is 1. The molecule has 1 atom stereocenters. The first-order valence-corrected chi connectivity index (χ1v) is 8.01. The topological polar surface area (TPSA) is 48.1 Å². The number of hydrogen-bond acceptors (Lipinski definition) is 2. The molecule has 0 spiro atoms. The minimum absolute atomic E-state index is 0.174. The molecule has 0 radical (unpaired) electrons. The molecule has 22 heavy (non-hydrogen) atoms.